The van der Waals surface area contributed by atoms with Gasteiger partial charge in [0.15, 0.2) is 9.84 Å². The van der Waals surface area contributed by atoms with Gasteiger partial charge < -0.3 is 4.84 Å². The third kappa shape index (κ3) is 4.72. The van der Waals surface area contributed by atoms with Crippen molar-refractivity contribution in [2.75, 3.05) is 18.1 Å². The maximum atomic E-state index is 10.9. The average molecular weight is 167 g/mol. The van der Waals surface area contributed by atoms with Gasteiger partial charge >= 0.3 is 0 Å². The number of nitrogens with two attached hydrogens (primary N) is 1. The Hall–Kier alpha value is -0.130. The first kappa shape index (κ1) is 9.87. The van der Waals surface area contributed by atoms with Crippen molar-refractivity contribution in [3.8, 4) is 0 Å². The predicted octanol–water partition coefficient (Wildman–Crippen LogP) is -0.298. The summed E-state index contributed by atoms with van der Waals surface area (Å²) in [4.78, 5) is 4.14. The zero-order valence-corrected chi connectivity index (χ0v) is 6.86. The van der Waals surface area contributed by atoms with Gasteiger partial charge in [-0.15, -0.1) is 0 Å². The first-order valence-corrected chi connectivity index (χ1v) is 4.96. The van der Waals surface area contributed by atoms with Crippen molar-refractivity contribution in [3.05, 3.63) is 0 Å². The van der Waals surface area contributed by atoms with Crippen LogP contribution in [0.3, 0.4) is 0 Å². The first-order valence-electron chi connectivity index (χ1n) is 3.14. The lowest BCUT2D eigenvalue weighted by Gasteiger charge is -1.99. The van der Waals surface area contributed by atoms with E-state index < -0.39 is 9.84 Å². The highest BCUT2D eigenvalue weighted by Gasteiger charge is 2.07. The van der Waals surface area contributed by atoms with Crippen molar-refractivity contribution in [3.63, 3.8) is 0 Å². The fourth-order valence-corrected chi connectivity index (χ4v) is 1.76. The molecule has 10 heavy (non-hydrogen) atoms. The van der Waals surface area contributed by atoms with Gasteiger partial charge in [-0.05, 0) is 6.42 Å². The molecule has 0 aromatic heterocycles. The van der Waals surface area contributed by atoms with Crippen molar-refractivity contribution in [2.24, 2.45) is 5.90 Å². The van der Waals surface area contributed by atoms with Crippen LogP contribution in [0.5, 0.6) is 0 Å². The molecule has 0 aliphatic rings. The summed E-state index contributed by atoms with van der Waals surface area (Å²) in [7, 11) is -2.90. The summed E-state index contributed by atoms with van der Waals surface area (Å²) in [6.07, 6.45) is 0.646. The lowest BCUT2D eigenvalue weighted by atomic mass is 10.6. The summed E-state index contributed by atoms with van der Waals surface area (Å²) in [5.41, 5.74) is 0. The van der Waals surface area contributed by atoms with Gasteiger partial charge in [0.25, 0.3) is 0 Å². The highest BCUT2D eigenvalue weighted by Crippen LogP contribution is 1.92. The second-order valence-electron chi connectivity index (χ2n) is 2.02. The Bertz CT molecular complexity index is 164. The second-order valence-corrected chi connectivity index (χ2v) is 4.33. The molecule has 2 N–H and O–H groups in total. The summed E-state index contributed by atoms with van der Waals surface area (Å²) in [5, 5.41) is 0. The minimum absolute atomic E-state index is 0.0251. The van der Waals surface area contributed by atoms with E-state index in [0.29, 0.717) is 6.42 Å². The molecule has 0 heterocycles. The highest BCUT2D eigenvalue weighted by atomic mass is 32.2. The molecule has 0 rings (SSSR count). The summed E-state index contributed by atoms with van der Waals surface area (Å²) >= 11 is 0. The predicted molar refractivity (Wildman–Crippen MR) is 39.1 cm³/mol. The average Bonchev–Trinajstić information content (AvgIpc) is 1.84. The minimum atomic E-state index is -2.90. The van der Waals surface area contributed by atoms with Crippen LogP contribution in [0, 0.1) is 0 Å². The highest BCUT2D eigenvalue weighted by molar-refractivity contribution is 7.91. The number of hydrogen-bond donors (Lipinski definition) is 1. The first-order chi connectivity index (χ1) is 4.62. The van der Waals surface area contributed by atoms with Gasteiger partial charge in [-0.2, -0.15) is 0 Å². The zero-order chi connectivity index (χ0) is 8.04. The van der Waals surface area contributed by atoms with Crippen LogP contribution < -0.4 is 5.90 Å². The summed E-state index contributed by atoms with van der Waals surface area (Å²) < 4.78 is 21.7. The maximum Gasteiger partial charge on any atom is 0.152 e. The molecular weight excluding hydrogens is 154 g/mol. The SMILES string of the molecule is CCCS(=O)(=O)CCON. The van der Waals surface area contributed by atoms with E-state index in [4.69, 9.17) is 0 Å². The fraction of sp³-hybridized carbons (Fsp3) is 1.00. The topological polar surface area (TPSA) is 69.4 Å². The number of hydrogen-bond acceptors (Lipinski definition) is 4. The van der Waals surface area contributed by atoms with E-state index in [1.807, 2.05) is 6.92 Å². The van der Waals surface area contributed by atoms with E-state index in [1.165, 1.54) is 0 Å². The van der Waals surface area contributed by atoms with Crippen molar-refractivity contribution >= 4 is 9.84 Å². The minimum Gasteiger partial charge on any atom is -0.304 e. The third-order valence-electron chi connectivity index (χ3n) is 1.03. The van der Waals surface area contributed by atoms with Gasteiger partial charge in [0.05, 0.1) is 12.4 Å². The number of sulfone groups is 1. The van der Waals surface area contributed by atoms with Gasteiger partial charge in [-0.3, -0.25) is 0 Å². The van der Waals surface area contributed by atoms with Crippen LogP contribution in [0.15, 0.2) is 0 Å². The molecule has 0 bridgehead atoms. The van der Waals surface area contributed by atoms with Gasteiger partial charge in [0.2, 0.25) is 0 Å². The zero-order valence-electron chi connectivity index (χ0n) is 6.04. The monoisotopic (exact) mass is 167 g/mol. The molecule has 0 aromatic carbocycles. The Morgan fingerprint density at radius 3 is 2.40 bits per heavy atom. The van der Waals surface area contributed by atoms with E-state index in [0.717, 1.165) is 0 Å². The van der Waals surface area contributed by atoms with Gasteiger partial charge in [0, 0.05) is 5.75 Å². The van der Waals surface area contributed by atoms with E-state index in [-0.39, 0.29) is 18.1 Å². The molecule has 0 unspecified atom stereocenters. The Morgan fingerprint density at radius 2 is 2.00 bits per heavy atom. The van der Waals surface area contributed by atoms with E-state index in [9.17, 15) is 8.42 Å². The Kier molecular flexibility index (Phi) is 4.59. The van der Waals surface area contributed by atoms with E-state index in [2.05, 4.69) is 10.7 Å². The molecule has 0 amide bonds. The molecule has 4 nitrogen and oxygen atoms in total. The molecule has 0 radical (unpaired) electrons. The quantitative estimate of drug-likeness (QED) is 0.571. The Labute approximate surface area is 61.2 Å². The van der Waals surface area contributed by atoms with E-state index >= 15 is 0 Å². The molecule has 0 saturated carbocycles. The molecule has 0 fully saturated rings. The van der Waals surface area contributed by atoms with Crippen molar-refractivity contribution < 1.29 is 13.3 Å². The Morgan fingerprint density at radius 1 is 1.40 bits per heavy atom. The van der Waals surface area contributed by atoms with Crippen molar-refractivity contribution in [1.82, 2.24) is 0 Å². The summed E-state index contributed by atoms with van der Waals surface area (Å²) in [5.74, 6) is 4.91. The van der Waals surface area contributed by atoms with Gasteiger partial charge in [0.1, 0.15) is 0 Å². The standard InChI is InChI=1S/C5H13NO3S/c1-2-4-10(7,8)5-3-9-6/h2-6H2,1H3. The third-order valence-corrected chi connectivity index (χ3v) is 2.85. The van der Waals surface area contributed by atoms with Gasteiger partial charge in [-0.25, -0.2) is 14.3 Å². The fourth-order valence-electron chi connectivity index (χ4n) is 0.588. The summed E-state index contributed by atoms with van der Waals surface area (Å²) in [6, 6.07) is 0. The van der Waals surface area contributed by atoms with Crippen LogP contribution in [0.2, 0.25) is 0 Å². The number of rotatable bonds is 5. The molecule has 0 spiro atoms. The van der Waals surface area contributed by atoms with Crippen LogP contribution in [-0.4, -0.2) is 26.5 Å². The molecule has 0 saturated heterocycles. The van der Waals surface area contributed by atoms with Crippen LogP contribution in [-0.2, 0) is 14.7 Å². The molecule has 0 aliphatic heterocycles. The van der Waals surface area contributed by atoms with Crippen LogP contribution in [0.1, 0.15) is 13.3 Å². The van der Waals surface area contributed by atoms with E-state index in [1.54, 1.807) is 0 Å². The molecule has 62 valence electrons. The van der Waals surface area contributed by atoms with Crippen LogP contribution >= 0.6 is 0 Å². The summed E-state index contributed by atoms with van der Waals surface area (Å²) in [6.45, 7) is 1.91. The lowest BCUT2D eigenvalue weighted by molar-refractivity contribution is 0.153. The van der Waals surface area contributed by atoms with Crippen molar-refractivity contribution in [1.29, 1.82) is 0 Å². The molecule has 0 aromatic rings. The van der Waals surface area contributed by atoms with Crippen molar-refractivity contribution in [2.45, 2.75) is 13.3 Å². The normalized spacial score (nSPS) is 11.8. The van der Waals surface area contributed by atoms with Crippen LogP contribution in [0.25, 0.3) is 0 Å². The lowest BCUT2D eigenvalue weighted by Crippen LogP contribution is -2.16. The Balaban J connectivity index is 3.65. The molecule has 0 aliphatic carbocycles. The molecule has 5 heteroatoms. The molecular formula is C5H13NO3S. The maximum absolute atomic E-state index is 10.9. The second kappa shape index (κ2) is 4.65. The smallest absolute Gasteiger partial charge is 0.152 e. The van der Waals surface area contributed by atoms with Crippen LogP contribution in [0.4, 0.5) is 0 Å². The van der Waals surface area contributed by atoms with Gasteiger partial charge in [-0.1, -0.05) is 6.92 Å². The molecule has 0 atom stereocenters. The largest absolute Gasteiger partial charge is 0.304 e.